The third-order valence-electron chi connectivity index (χ3n) is 4.13. The van der Waals surface area contributed by atoms with Gasteiger partial charge in [0, 0.05) is 27.8 Å². The van der Waals surface area contributed by atoms with Gasteiger partial charge >= 0.3 is 0 Å². The Morgan fingerprint density at radius 3 is 2.07 bits per heavy atom. The molecule has 0 unspecified atom stereocenters. The van der Waals surface area contributed by atoms with Crippen molar-refractivity contribution < 1.29 is 16.0 Å². The van der Waals surface area contributed by atoms with Crippen LogP contribution in [-0.2, 0) is 4.74 Å². The molecule has 1 aliphatic carbocycles. The molecular weight excluding hydrogens is 350 g/mol. The smallest absolute Gasteiger partial charge is 0.120 e. The van der Waals surface area contributed by atoms with Gasteiger partial charge in [0.1, 0.15) is 5.75 Å². The number of unbranched alkanes of at least 4 members (excludes halogenated alkanes) is 2. The Bertz CT molecular complexity index is 418. The highest BCUT2D eigenvalue weighted by atomic mass is 16.5. The molecule has 1 fully saturated rings. The fourth-order valence-electron chi connectivity index (χ4n) is 2.38. The van der Waals surface area contributed by atoms with Crippen molar-refractivity contribution in [1.29, 1.82) is 0 Å². The highest BCUT2D eigenvalue weighted by Crippen LogP contribution is 2.28. The second-order valence-corrected chi connectivity index (χ2v) is 6.46. The van der Waals surface area contributed by atoms with Crippen LogP contribution in [0.15, 0.2) is 24.3 Å². The van der Waals surface area contributed by atoms with E-state index in [1.165, 1.54) is 44.1 Å². The van der Waals surface area contributed by atoms with Crippen LogP contribution in [-0.4, -0.2) is 38.6 Å². The average molecular weight is 400 g/mol. The minimum Gasteiger partial charge on any atom is -0.490 e. The molecule has 0 saturated heterocycles. The first-order valence-corrected chi connectivity index (χ1v) is 11.2. The number of benzene rings is 1. The largest absolute Gasteiger partial charge is 0.490 e. The molecule has 168 valence electrons. The molecule has 0 aromatic heterocycles. The molecule has 0 bridgehead atoms. The van der Waals surface area contributed by atoms with E-state index in [0.29, 0.717) is 12.1 Å². The SMILES string of the molecule is CC.CCCCOCCCC.CC[C@@H](NC)c1cccc(OC2CC2)c1.CO.[HH]. The van der Waals surface area contributed by atoms with E-state index in [-0.39, 0.29) is 1.43 Å². The van der Waals surface area contributed by atoms with E-state index in [2.05, 4.69) is 44.3 Å². The fraction of sp³-hybridized carbons (Fsp3) is 0.750. The standard InChI is InChI=1S/C13H19NO.C8H18O.C2H6.CH4O.H2/c1-3-13(14-2)10-5-4-6-12(9-10)15-11-7-8-11;1-3-5-7-9-8-6-4-2;2*1-2;/h4-6,9,11,13-14H,3,7-8H2,1-2H3;3-8H2,1-2H3;1-2H3;2H,1H3;1H/t13-;;;;/m1..../s1. The zero-order chi connectivity index (χ0) is 21.6. The van der Waals surface area contributed by atoms with Crippen LogP contribution in [0.4, 0.5) is 0 Å². The summed E-state index contributed by atoms with van der Waals surface area (Å²) in [6, 6.07) is 8.87. The third-order valence-corrected chi connectivity index (χ3v) is 4.13. The Balaban J connectivity index is -0.000000420. The molecule has 0 amide bonds. The van der Waals surface area contributed by atoms with Crippen molar-refractivity contribution in [3.8, 4) is 5.75 Å². The summed E-state index contributed by atoms with van der Waals surface area (Å²) in [4.78, 5) is 0. The maximum Gasteiger partial charge on any atom is 0.120 e. The van der Waals surface area contributed by atoms with Crippen LogP contribution in [0.1, 0.15) is 92.6 Å². The summed E-state index contributed by atoms with van der Waals surface area (Å²) >= 11 is 0. The quantitative estimate of drug-likeness (QED) is 0.424. The van der Waals surface area contributed by atoms with E-state index >= 15 is 0 Å². The Morgan fingerprint density at radius 1 is 1.07 bits per heavy atom. The molecular formula is C24H49NO3. The van der Waals surface area contributed by atoms with E-state index in [4.69, 9.17) is 14.6 Å². The Morgan fingerprint density at radius 2 is 1.64 bits per heavy atom. The summed E-state index contributed by atoms with van der Waals surface area (Å²) in [6.07, 6.45) is 8.92. The molecule has 0 aliphatic heterocycles. The maximum absolute atomic E-state index is 7.00. The average Bonchev–Trinajstić information content (AvgIpc) is 3.57. The number of aliphatic hydroxyl groups is 1. The van der Waals surface area contributed by atoms with E-state index in [0.717, 1.165) is 32.5 Å². The zero-order valence-electron chi connectivity index (χ0n) is 19.6. The summed E-state index contributed by atoms with van der Waals surface area (Å²) in [5.74, 6) is 1.02. The van der Waals surface area contributed by atoms with Crippen molar-refractivity contribution in [2.75, 3.05) is 27.4 Å². The third kappa shape index (κ3) is 15.9. The first-order valence-electron chi connectivity index (χ1n) is 11.2. The molecule has 2 rings (SSSR count). The van der Waals surface area contributed by atoms with E-state index in [9.17, 15) is 0 Å². The first-order chi connectivity index (χ1) is 13.7. The lowest BCUT2D eigenvalue weighted by molar-refractivity contribution is 0.128. The summed E-state index contributed by atoms with van der Waals surface area (Å²) < 4.78 is 11.1. The van der Waals surface area contributed by atoms with Crippen molar-refractivity contribution in [2.24, 2.45) is 0 Å². The zero-order valence-corrected chi connectivity index (χ0v) is 19.6. The number of ether oxygens (including phenoxy) is 2. The van der Waals surface area contributed by atoms with Crippen molar-refractivity contribution >= 4 is 0 Å². The summed E-state index contributed by atoms with van der Waals surface area (Å²) in [5.41, 5.74) is 1.32. The van der Waals surface area contributed by atoms with Crippen molar-refractivity contribution in [3.05, 3.63) is 29.8 Å². The van der Waals surface area contributed by atoms with Gasteiger partial charge in [-0.25, -0.2) is 0 Å². The Kier molecular flexibility index (Phi) is 23.1. The molecule has 1 saturated carbocycles. The van der Waals surface area contributed by atoms with Crippen LogP contribution in [0, 0.1) is 0 Å². The highest BCUT2D eigenvalue weighted by Gasteiger charge is 2.23. The van der Waals surface area contributed by atoms with Crippen LogP contribution >= 0.6 is 0 Å². The van der Waals surface area contributed by atoms with Crippen LogP contribution in [0.5, 0.6) is 5.75 Å². The molecule has 1 aliphatic rings. The number of hydrogen-bond donors (Lipinski definition) is 2. The normalized spacial score (nSPS) is 13.0. The van der Waals surface area contributed by atoms with Crippen molar-refractivity contribution in [2.45, 2.75) is 91.7 Å². The minimum atomic E-state index is 0. The topological polar surface area (TPSA) is 50.7 Å². The molecule has 4 nitrogen and oxygen atoms in total. The van der Waals surface area contributed by atoms with Gasteiger partial charge in [0.05, 0.1) is 6.10 Å². The van der Waals surface area contributed by atoms with Gasteiger partial charge < -0.3 is 19.9 Å². The van der Waals surface area contributed by atoms with Gasteiger partial charge in [-0.2, -0.15) is 0 Å². The van der Waals surface area contributed by atoms with E-state index < -0.39 is 0 Å². The first kappa shape index (κ1) is 29.1. The highest BCUT2D eigenvalue weighted by molar-refractivity contribution is 5.31. The Hall–Kier alpha value is -1.10. The molecule has 1 atom stereocenters. The van der Waals surface area contributed by atoms with Gasteiger partial charge in [-0.05, 0) is 56.8 Å². The lowest BCUT2D eigenvalue weighted by Gasteiger charge is -2.15. The van der Waals surface area contributed by atoms with Crippen molar-refractivity contribution in [1.82, 2.24) is 5.32 Å². The molecule has 1 aromatic carbocycles. The maximum atomic E-state index is 7.00. The predicted molar refractivity (Wildman–Crippen MR) is 124 cm³/mol. The molecule has 0 heterocycles. The number of hydrogen-bond acceptors (Lipinski definition) is 4. The molecule has 1 aromatic rings. The molecule has 0 spiro atoms. The minimum absolute atomic E-state index is 0. The van der Waals surface area contributed by atoms with Gasteiger partial charge in [0.25, 0.3) is 0 Å². The molecule has 4 heteroatoms. The monoisotopic (exact) mass is 399 g/mol. The predicted octanol–water partition coefficient (Wildman–Crippen LogP) is 6.38. The van der Waals surface area contributed by atoms with Crippen LogP contribution in [0.25, 0.3) is 0 Å². The molecule has 2 N–H and O–H groups in total. The lowest BCUT2D eigenvalue weighted by atomic mass is 10.0. The molecule has 0 radical (unpaired) electrons. The number of aliphatic hydroxyl groups excluding tert-OH is 1. The van der Waals surface area contributed by atoms with Crippen LogP contribution in [0.3, 0.4) is 0 Å². The van der Waals surface area contributed by atoms with Gasteiger partial charge in [0.2, 0.25) is 0 Å². The summed E-state index contributed by atoms with van der Waals surface area (Å²) in [5, 5.41) is 10.3. The second-order valence-electron chi connectivity index (χ2n) is 6.46. The van der Waals surface area contributed by atoms with Gasteiger partial charge in [-0.15, -0.1) is 0 Å². The number of rotatable bonds is 11. The summed E-state index contributed by atoms with van der Waals surface area (Å²) in [7, 11) is 3.00. The van der Waals surface area contributed by atoms with E-state index in [1.807, 2.05) is 27.0 Å². The van der Waals surface area contributed by atoms with E-state index in [1.54, 1.807) is 0 Å². The lowest BCUT2D eigenvalue weighted by Crippen LogP contribution is -2.15. The van der Waals surface area contributed by atoms with Crippen LogP contribution < -0.4 is 10.1 Å². The molecule has 28 heavy (non-hydrogen) atoms. The van der Waals surface area contributed by atoms with Gasteiger partial charge in [-0.1, -0.05) is 59.6 Å². The Labute approximate surface area is 176 Å². The van der Waals surface area contributed by atoms with Gasteiger partial charge in [0.15, 0.2) is 0 Å². The summed E-state index contributed by atoms with van der Waals surface area (Å²) in [6.45, 7) is 12.5. The number of nitrogens with one attached hydrogen (secondary N) is 1. The second kappa shape index (κ2) is 22.2. The fourth-order valence-corrected chi connectivity index (χ4v) is 2.38. The van der Waals surface area contributed by atoms with Crippen LogP contribution in [0.2, 0.25) is 0 Å². The van der Waals surface area contributed by atoms with Gasteiger partial charge in [-0.3, -0.25) is 0 Å². The van der Waals surface area contributed by atoms with Crippen molar-refractivity contribution in [3.63, 3.8) is 0 Å².